The molecule has 2 fully saturated rings. The molecule has 10 aromatic rings. The molecule has 33 heteroatoms. The minimum atomic E-state index is -1.41. The summed E-state index contributed by atoms with van der Waals surface area (Å²) in [5, 5.41) is 23.3. The molecular weight excluding hydrogens is 1580 g/mol. The number of aromatic nitrogens is 10. The minimum absolute atomic E-state index is 0. The number of anilines is 3. The molecule has 590 valence electrons. The van der Waals surface area contributed by atoms with Crippen LogP contribution < -0.4 is 35.8 Å². The van der Waals surface area contributed by atoms with Gasteiger partial charge in [-0.1, -0.05) is 147 Å². The van der Waals surface area contributed by atoms with Crippen molar-refractivity contribution >= 4 is 135 Å². The summed E-state index contributed by atoms with van der Waals surface area (Å²) in [5.74, 6) is 1.34. The summed E-state index contributed by atoms with van der Waals surface area (Å²) in [7, 11) is -3.58. The third-order valence-electron chi connectivity index (χ3n) is 16.4. The maximum Gasteiger partial charge on any atom is 0.488 e. The molecule has 8 atom stereocenters. The van der Waals surface area contributed by atoms with Gasteiger partial charge in [-0.2, -0.15) is 9.97 Å². The Morgan fingerprint density at radius 2 is 0.829 bits per heavy atom. The molecule has 6 aromatic heterocycles. The molecule has 111 heavy (non-hydrogen) atoms. The van der Waals surface area contributed by atoms with E-state index in [-0.39, 0.29) is 87.2 Å². The number of amides is 2. The van der Waals surface area contributed by atoms with Crippen LogP contribution in [0, 0.1) is 11.8 Å². The van der Waals surface area contributed by atoms with Crippen molar-refractivity contribution in [2.45, 2.75) is 143 Å². The molecule has 24 nitrogen and oxygen atoms in total. The van der Waals surface area contributed by atoms with Crippen LogP contribution in [-0.4, -0.2) is 122 Å². The van der Waals surface area contributed by atoms with Gasteiger partial charge in [0.1, 0.15) is 25.9 Å². The average Bonchev–Trinajstić information content (AvgIpc) is 1.69. The largest absolute Gasteiger partial charge is 0.488 e. The highest BCUT2D eigenvalue weighted by Gasteiger charge is 2.39. The molecule has 7 N–H and O–H groups in total. The van der Waals surface area contributed by atoms with Gasteiger partial charge in [0, 0.05) is 67.6 Å². The summed E-state index contributed by atoms with van der Waals surface area (Å²) in [4.78, 5) is 68.5. The number of benzene rings is 4. The SMILES string of the molecule is CC(C)[C@H]1COC(=O)N1c1ncnc(Cl)n1.CC(C)[C@H]1COC(=O)N1c1ncnc(N[C@@H](C)c2ccc(-c3ccc(Cl)cc3)cn2)n1.C[C@H](N)c1ccc(-c2ccc(Cl)cc2)cn1.C[C@H](NS(=O)C(C)(C)C)c1ccc(-c2ccc(Cl)cc2)cn1.C[C@H](NS(=O)C(C)(C)C)c1ccccn1.Cl.OB(O)c1ccc(Cl)cc1. The van der Waals surface area contributed by atoms with Crippen molar-refractivity contribution in [1.82, 2.24) is 59.3 Å². The van der Waals surface area contributed by atoms with Crippen molar-refractivity contribution in [2.24, 2.45) is 17.6 Å². The van der Waals surface area contributed by atoms with Gasteiger partial charge >= 0.3 is 19.3 Å². The Morgan fingerprint density at radius 3 is 1.17 bits per heavy atom. The maximum absolute atomic E-state index is 12.2. The normalized spacial score (nSPS) is 15.4. The Balaban J connectivity index is 0.000000215. The Kier molecular flexibility index (Phi) is 36.1. The summed E-state index contributed by atoms with van der Waals surface area (Å²) >= 11 is 28.9. The van der Waals surface area contributed by atoms with Crippen molar-refractivity contribution in [2.75, 3.05) is 28.3 Å². The quantitative estimate of drug-likeness (QED) is 0.0435. The molecule has 2 amide bonds. The summed E-state index contributed by atoms with van der Waals surface area (Å²) in [6.07, 6.45) is 9.00. The van der Waals surface area contributed by atoms with Gasteiger partial charge in [-0.3, -0.25) is 19.9 Å². The lowest BCUT2D eigenvalue weighted by Crippen LogP contribution is -2.38. The third kappa shape index (κ3) is 28.7. The number of hydrogen-bond donors (Lipinski definition) is 6. The fourth-order valence-corrected chi connectivity index (χ4v) is 12.2. The zero-order valence-corrected chi connectivity index (χ0v) is 70.1. The van der Waals surface area contributed by atoms with Crippen LogP contribution in [-0.2, 0) is 31.4 Å². The van der Waals surface area contributed by atoms with E-state index in [0.717, 1.165) is 66.2 Å². The van der Waals surface area contributed by atoms with Crippen molar-refractivity contribution in [1.29, 1.82) is 0 Å². The van der Waals surface area contributed by atoms with Gasteiger partial charge < -0.3 is 30.6 Å². The highest BCUT2D eigenvalue weighted by atomic mass is 35.5. The smallest absolute Gasteiger partial charge is 0.447 e. The number of pyridine rings is 4. The van der Waals surface area contributed by atoms with E-state index in [4.69, 9.17) is 83.3 Å². The molecule has 0 aliphatic carbocycles. The third-order valence-corrected chi connectivity index (χ3v) is 21.0. The molecule has 0 spiro atoms. The number of halogens is 6. The van der Waals surface area contributed by atoms with Crippen LogP contribution in [0.3, 0.4) is 0 Å². The van der Waals surface area contributed by atoms with Crippen LogP contribution in [0.25, 0.3) is 33.4 Å². The van der Waals surface area contributed by atoms with Crippen molar-refractivity contribution in [3.63, 3.8) is 0 Å². The molecule has 12 rings (SSSR count). The lowest BCUT2D eigenvalue weighted by Gasteiger charge is -2.22. The van der Waals surface area contributed by atoms with Crippen molar-refractivity contribution in [3.05, 3.63) is 237 Å². The highest BCUT2D eigenvalue weighted by molar-refractivity contribution is 7.84. The predicted octanol–water partition coefficient (Wildman–Crippen LogP) is 16.8. The second-order valence-corrected chi connectivity index (χ2v) is 34.0. The van der Waals surface area contributed by atoms with Gasteiger partial charge in [0.15, 0.2) is 0 Å². The first-order valence-electron chi connectivity index (χ1n) is 35.1. The molecular formula is C78H93BCl6N16O8S2. The van der Waals surface area contributed by atoms with E-state index in [9.17, 15) is 18.0 Å². The molecule has 4 aromatic carbocycles. The number of cyclic esters (lactones) is 2. The van der Waals surface area contributed by atoms with E-state index in [2.05, 4.69) is 64.6 Å². The number of hydrogen-bond acceptors (Lipinski definition) is 20. The number of carbonyl (C=O) groups is 2. The van der Waals surface area contributed by atoms with E-state index < -0.39 is 41.3 Å². The van der Waals surface area contributed by atoms with Crippen LogP contribution >= 0.6 is 70.4 Å². The van der Waals surface area contributed by atoms with Crippen LogP contribution in [0.4, 0.5) is 27.4 Å². The second kappa shape index (κ2) is 43.7. The molecule has 8 heterocycles. The van der Waals surface area contributed by atoms with Gasteiger partial charge in [0.2, 0.25) is 23.1 Å². The first-order valence-corrected chi connectivity index (χ1v) is 39.3. The fraction of sp³-hybridized carbons (Fsp3) is 0.333. The lowest BCUT2D eigenvalue weighted by molar-refractivity contribution is 0.176. The number of ether oxygens (including phenoxy) is 2. The van der Waals surface area contributed by atoms with Crippen LogP contribution in [0.5, 0.6) is 0 Å². The Hall–Kier alpha value is -8.26. The average molecular weight is 1670 g/mol. The molecule has 0 saturated carbocycles. The number of nitrogens with one attached hydrogen (secondary N) is 3. The molecule has 0 radical (unpaired) electrons. The molecule has 0 bridgehead atoms. The van der Waals surface area contributed by atoms with E-state index in [1.807, 2.05) is 243 Å². The van der Waals surface area contributed by atoms with E-state index in [1.54, 1.807) is 30.5 Å². The van der Waals surface area contributed by atoms with Crippen LogP contribution in [0.1, 0.15) is 144 Å². The van der Waals surface area contributed by atoms with Gasteiger partial charge in [0.25, 0.3) is 0 Å². The summed E-state index contributed by atoms with van der Waals surface area (Å²) in [6.45, 7) is 28.2. The topological polar surface area (TPSA) is 325 Å². The van der Waals surface area contributed by atoms with Crippen LogP contribution in [0.15, 0.2) is 189 Å². The molecule has 2 aliphatic heterocycles. The van der Waals surface area contributed by atoms with E-state index >= 15 is 0 Å². The molecule has 2 unspecified atom stereocenters. The number of rotatable bonds is 18. The molecule has 2 saturated heterocycles. The van der Waals surface area contributed by atoms with Gasteiger partial charge in [-0.25, -0.2) is 57.2 Å². The number of nitrogens with zero attached hydrogens (tertiary/aromatic N) is 12. The van der Waals surface area contributed by atoms with Crippen molar-refractivity contribution < 1.29 is 37.5 Å². The summed E-state index contributed by atoms with van der Waals surface area (Å²) in [5.41, 5.74) is 16.0. The first kappa shape index (κ1) is 91.6. The summed E-state index contributed by atoms with van der Waals surface area (Å²) in [6, 6.07) is 46.6. The fourth-order valence-electron chi connectivity index (χ4n) is 9.94. The zero-order chi connectivity index (χ0) is 80.6. The summed E-state index contributed by atoms with van der Waals surface area (Å²) < 4.78 is 39.7. The number of nitrogens with two attached hydrogens (primary N) is 1. The van der Waals surface area contributed by atoms with Crippen LogP contribution in [0.2, 0.25) is 25.4 Å². The van der Waals surface area contributed by atoms with Gasteiger partial charge in [-0.05, 0) is 194 Å². The Bertz CT molecular complexity index is 4570. The van der Waals surface area contributed by atoms with E-state index in [1.165, 1.54) is 22.5 Å². The first-order chi connectivity index (χ1) is 52.1. The van der Waals surface area contributed by atoms with E-state index in [0.29, 0.717) is 34.7 Å². The molecule has 2 aliphatic rings. The zero-order valence-electron chi connectivity index (χ0n) is 63.9. The Morgan fingerprint density at radius 1 is 0.468 bits per heavy atom. The van der Waals surface area contributed by atoms with Crippen molar-refractivity contribution in [3.8, 4) is 33.4 Å². The number of carbonyl (C=O) groups excluding carboxylic acids is 2. The minimum Gasteiger partial charge on any atom is -0.447 e. The van der Waals surface area contributed by atoms with Gasteiger partial charge in [-0.15, -0.1) is 12.4 Å². The Labute approximate surface area is 686 Å². The maximum atomic E-state index is 12.2. The standard InChI is InChI=1S/C22H23ClN6O2.C17H21ClN2OS.C13H13ClN2.C11H18N2OS.C9H11ClN4O2.C6H6BClO2.ClH/c1-13(2)19-11-31-22(30)29(19)21-26-12-25-20(28-21)27-14(3)18-9-6-16(10-24-18)15-4-7-17(23)8-5-15;1-12(20-22(21)17(2,3)4)16-10-7-14(11-19-16)13-5-8-15(18)9-6-13;1-9(15)13-7-4-11(8-16-13)10-2-5-12(14)6-3-10;1-9(10-7-5-6-8-12-10)13-15(14)11(2,3)4;1-5(2)6-3-16-9(15)14(6)8-12-4-11-7(10)13-8;8-6-3-1-5(2-4-6)7(9)10;/h4-10,12-14,19H,11H2,1-3H3,(H,25,26,27,28);5-12,20H,1-4H3;2-9H,15H2,1H3;5-9,13H,1-4H3;4-6H,3H2,1-2H3;1-4,9-10H;1H/t14-,19+;12-,22?;9-;9-,15?;6-;;/m00001../s1. The monoisotopic (exact) mass is 1670 g/mol. The van der Waals surface area contributed by atoms with Gasteiger partial charge in [0.05, 0.1) is 84.5 Å². The predicted molar refractivity (Wildman–Crippen MR) is 450 cm³/mol. The second-order valence-electron chi connectivity index (χ2n) is 27.9. The highest BCUT2D eigenvalue weighted by Crippen LogP contribution is 2.30. The lowest BCUT2D eigenvalue weighted by atomic mass is 9.81.